The molecule has 0 radical (unpaired) electrons. The van der Waals surface area contributed by atoms with Crippen LogP contribution in [0.3, 0.4) is 0 Å². The standard InChI is InChI=1S/C25H31N5O2/c1-17-14-18-8-3-4-11-22(18)30(17)24(31)26-12-5-6-13-28(2)20-15-19-9-7-10-21-23(19)29(16-20)25(32)27-21/h3-4,7-11,17,20H,5-6,12-16H2,1-2H3,(H,26,31)(H,27,32)/t17-,20-/m1/s1. The van der Waals surface area contributed by atoms with Crippen LogP contribution in [0, 0.1) is 0 Å². The number of nitrogens with zero attached hydrogens (tertiary/aromatic N) is 3. The number of urea groups is 1. The van der Waals surface area contributed by atoms with Crippen molar-refractivity contribution in [2.75, 3.05) is 25.0 Å². The topological polar surface area (TPSA) is 73.4 Å². The van der Waals surface area contributed by atoms with Crippen LogP contribution in [0.25, 0.3) is 11.0 Å². The number of carbonyl (C=O) groups excluding carboxylic acids is 1. The number of carbonyl (C=O) groups is 1. The fourth-order valence-corrected chi connectivity index (χ4v) is 5.28. The number of hydrogen-bond acceptors (Lipinski definition) is 3. The molecule has 0 saturated heterocycles. The van der Waals surface area contributed by atoms with Crippen LogP contribution in [0.2, 0.25) is 0 Å². The molecule has 7 heteroatoms. The van der Waals surface area contributed by atoms with Crippen LogP contribution < -0.4 is 15.9 Å². The molecule has 32 heavy (non-hydrogen) atoms. The van der Waals surface area contributed by atoms with Gasteiger partial charge in [-0.15, -0.1) is 0 Å². The third-order valence-electron chi connectivity index (χ3n) is 6.99. The minimum Gasteiger partial charge on any atom is -0.338 e. The summed E-state index contributed by atoms with van der Waals surface area (Å²) < 4.78 is 1.88. The maximum absolute atomic E-state index is 12.7. The summed E-state index contributed by atoms with van der Waals surface area (Å²) in [5.41, 5.74) is 5.47. The number of aromatic amines is 1. The summed E-state index contributed by atoms with van der Waals surface area (Å²) in [7, 11) is 2.13. The number of anilines is 1. The van der Waals surface area contributed by atoms with E-state index < -0.39 is 0 Å². The van der Waals surface area contributed by atoms with Gasteiger partial charge in [0, 0.05) is 30.9 Å². The Morgan fingerprint density at radius 3 is 2.81 bits per heavy atom. The SMILES string of the molecule is C[C@@H]1Cc2ccccc2N1C(=O)NCCCCN(C)[C@@H]1Cc2cccc3[nH]c(=O)n(c23)C1. The van der Waals surface area contributed by atoms with Crippen molar-refractivity contribution in [2.24, 2.45) is 0 Å². The van der Waals surface area contributed by atoms with Crippen LogP contribution in [0.5, 0.6) is 0 Å². The van der Waals surface area contributed by atoms with Gasteiger partial charge in [-0.1, -0.05) is 30.3 Å². The summed E-state index contributed by atoms with van der Waals surface area (Å²) >= 11 is 0. The summed E-state index contributed by atoms with van der Waals surface area (Å²) in [6, 6.07) is 14.7. The Labute approximate surface area is 188 Å². The molecule has 3 heterocycles. The van der Waals surface area contributed by atoms with Crippen molar-refractivity contribution < 1.29 is 4.79 Å². The van der Waals surface area contributed by atoms with Crippen molar-refractivity contribution in [3.8, 4) is 0 Å². The van der Waals surface area contributed by atoms with E-state index >= 15 is 0 Å². The first kappa shape index (κ1) is 20.8. The number of unbranched alkanes of at least 4 members (excludes halogenated alkanes) is 1. The summed E-state index contributed by atoms with van der Waals surface area (Å²) in [6.07, 6.45) is 3.79. The first-order valence-corrected chi connectivity index (χ1v) is 11.6. The second-order valence-corrected chi connectivity index (χ2v) is 9.18. The molecule has 0 unspecified atom stereocenters. The highest BCUT2D eigenvalue weighted by Crippen LogP contribution is 2.31. The number of nitrogens with one attached hydrogen (secondary N) is 2. The Kier molecular flexibility index (Phi) is 5.51. The van der Waals surface area contributed by atoms with Crippen molar-refractivity contribution >= 4 is 22.8 Å². The third-order valence-corrected chi connectivity index (χ3v) is 6.99. The highest BCUT2D eigenvalue weighted by molar-refractivity contribution is 5.94. The number of para-hydroxylation sites is 2. The largest absolute Gasteiger partial charge is 0.338 e. The Morgan fingerprint density at radius 2 is 1.94 bits per heavy atom. The first-order chi connectivity index (χ1) is 15.5. The molecule has 0 aliphatic carbocycles. The van der Waals surface area contributed by atoms with Crippen LogP contribution in [0.15, 0.2) is 47.3 Å². The quantitative estimate of drug-likeness (QED) is 0.587. The van der Waals surface area contributed by atoms with Crippen molar-refractivity contribution in [1.82, 2.24) is 19.8 Å². The molecule has 0 saturated carbocycles. The van der Waals surface area contributed by atoms with E-state index in [4.69, 9.17) is 0 Å². The smallest absolute Gasteiger partial charge is 0.326 e. The molecule has 2 amide bonds. The molecule has 0 spiro atoms. The van der Waals surface area contributed by atoms with E-state index in [2.05, 4.69) is 41.3 Å². The van der Waals surface area contributed by atoms with Crippen molar-refractivity contribution in [3.05, 3.63) is 64.1 Å². The van der Waals surface area contributed by atoms with Gasteiger partial charge in [0.05, 0.1) is 11.0 Å². The number of benzene rings is 2. The maximum atomic E-state index is 12.7. The summed E-state index contributed by atoms with van der Waals surface area (Å²) in [5, 5.41) is 3.10. The first-order valence-electron chi connectivity index (χ1n) is 11.6. The minimum atomic E-state index is -0.0222. The average Bonchev–Trinajstić information content (AvgIpc) is 3.30. The zero-order chi connectivity index (χ0) is 22.2. The van der Waals surface area contributed by atoms with Crippen molar-refractivity contribution in [3.63, 3.8) is 0 Å². The fourth-order valence-electron chi connectivity index (χ4n) is 5.28. The van der Waals surface area contributed by atoms with E-state index in [9.17, 15) is 9.59 Å². The van der Waals surface area contributed by atoms with Gasteiger partial charge in [-0.2, -0.15) is 0 Å². The van der Waals surface area contributed by atoms with E-state index in [1.807, 2.05) is 39.8 Å². The predicted molar refractivity (Wildman–Crippen MR) is 127 cm³/mol. The zero-order valence-corrected chi connectivity index (χ0v) is 18.8. The number of aromatic nitrogens is 2. The van der Waals surface area contributed by atoms with Gasteiger partial charge in [0.25, 0.3) is 0 Å². The lowest BCUT2D eigenvalue weighted by atomic mass is 9.99. The van der Waals surface area contributed by atoms with Gasteiger partial charge in [-0.25, -0.2) is 9.59 Å². The van der Waals surface area contributed by atoms with Gasteiger partial charge in [0.1, 0.15) is 0 Å². The van der Waals surface area contributed by atoms with Crippen molar-refractivity contribution in [1.29, 1.82) is 0 Å². The number of H-pyrrole nitrogens is 1. The van der Waals surface area contributed by atoms with Crippen LogP contribution in [0.4, 0.5) is 10.5 Å². The van der Waals surface area contributed by atoms with Crippen LogP contribution in [-0.4, -0.2) is 52.7 Å². The van der Waals surface area contributed by atoms with Gasteiger partial charge in [-0.05, 0) is 69.5 Å². The second kappa shape index (κ2) is 8.47. The van der Waals surface area contributed by atoms with E-state index in [0.717, 1.165) is 55.5 Å². The molecule has 168 valence electrons. The number of amides is 2. The zero-order valence-electron chi connectivity index (χ0n) is 18.8. The van der Waals surface area contributed by atoms with Crippen LogP contribution in [0.1, 0.15) is 30.9 Å². The third kappa shape index (κ3) is 3.71. The number of hydrogen-bond donors (Lipinski definition) is 2. The van der Waals surface area contributed by atoms with Crippen LogP contribution >= 0.6 is 0 Å². The molecule has 2 atom stereocenters. The van der Waals surface area contributed by atoms with E-state index in [0.29, 0.717) is 12.6 Å². The second-order valence-electron chi connectivity index (χ2n) is 9.18. The van der Waals surface area contributed by atoms with Gasteiger partial charge < -0.3 is 15.2 Å². The Bertz CT molecular complexity index is 1200. The fraction of sp³-hybridized carbons (Fsp3) is 0.440. The molecule has 0 bridgehead atoms. The van der Waals surface area contributed by atoms with Crippen LogP contribution in [-0.2, 0) is 19.4 Å². The highest BCUT2D eigenvalue weighted by Gasteiger charge is 2.30. The molecule has 5 rings (SSSR count). The van der Waals surface area contributed by atoms with Gasteiger partial charge in [0.2, 0.25) is 0 Å². The number of likely N-dealkylation sites (N-methyl/N-ethyl adjacent to an activating group) is 1. The number of imidazole rings is 1. The molecule has 2 aliphatic heterocycles. The Balaban J connectivity index is 1.10. The monoisotopic (exact) mass is 433 g/mol. The summed E-state index contributed by atoms with van der Waals surface area (Å²) in [5.74, 6) is 0. The average molecular weight is 434 g/mol. The molecule has 0 fully saturated rings. The van der Waals surface area contributed by atoms with Gasteiger partial charge in [0.15, 0.2) is 0 Å². The lowest BCUT2D eigenvalue weighted by molar-refractivity contribution is 0.209. The molecule has 1 aromatic heterocycles. The Hall–Kier alpha value is -3.06. The molecule has 3 aromatic rings. The minimum absolute atomic E-state index is 0.00413. The van der Waals surface area contributed by atoms with Gasteiger partial charge >= 0.3 is 11.7 Å². The molecular weight excluding hydrogens is 402 g/mol. The molecule has 7 nitrogen and oxygen atoms in total. The molecule has 2 aliphatic rings. The van der Waals surface area contributed by atoms with Crippen molar-refractivity contribution in [2.45, 2.75) is 51.2 Å². The van der Waals surface area contributed by atoms with Gasteiger partial charge in [-0.3, -0.25) is 9.47 Å². The summed E-state index contributed by atoms with van der Waals surface area (Å²) in [4.78, 5) is 32.3. The van der Waals surface area contributed by atoms with E-state index in [1.165, 1.54) is 11.1 Å². The lowest BCUT2D eigenvalue weighted by Crippen LogP contribution is -2.44. The number of rotatable bonds is 6. The van der Waals surface area contributed by atoms with E-state index in [-0.39, 0.29) is 17.8 Å². The molecule has 2 N–H and O–H groups in total. The normalized spacial score (nSPS) is 19.5. The lowest BCUT2D eigenvalue weighted by Gasteiger charge is -2.32. The maximum Gasteiger partial charge on any atom is 0.326 e. The summed E-state index contributed by atoms with van der Waals surface area (Å²) in [6.45, 7) is 4.42. The highest BCUT2D eigenvalue weighted by atomic mass is 16.2. The van der Waals surface area contributed by atoms with E-state index in [1.54, 1.807) is 0 Å². The molecule has 2 aromatic carbocycles. The Morgan fingerprint density at radius 1 is 1.12 bits per heavy atom. The molecular formula is C25H31N5O2. The predicted octanol–water partition coefficient (Wildman–Crippen LogP) is 3.13. The number of fused-ring (bicyclic) bond motifs is 1.